The number of nitriles is 1. The number of piperidine rings is 1. The first kappa shape index (κ1) is 22.7. The molecule has 4 aromatic rings. The Labute approximate surface area is 203 Å². The monoisotopic (exact) mass is 472 g/mol. The molecule has 2 N–H and O–H groups in total. The first-order chi connectivity index (χ1) is 17.0. The maximum absolute atomic E-state index is 13.2. The number of nitrogens with zero attached hydrogens (tertiary/aromatic N) is 4. The highest BCUT2D eigenvalue weighted by Gasteiger charge is 2.31. The number of furan rings is 1. The first-order valence-corrected chi connectivity index (χ1v) is 12.0. The molecule has 9 heteroatoms. The summed E-state index contributed by atoms with van der Waals surface area (Å²) >= 11 is 0. The number of fused-ring (bicyclic) bond motifs is 1. The molecule has 1 aromatic carbocycles. The van der Waals surface area contributed by atoms with Crippen molar-refractivity contribution in [2.45, 2.75) is 39.2 Å². The van der Waals surface area contributed by atoms with Crippen LogP contribution < -0.4 is 10.2 Å². The van der Waals surface area contributed by atoms with E-state index in [-0.39, 0.29) is 29.5 Å². The van der Waals surface area contributed by atoms with Crippen molar-refractivity contribution >= 4 is 22.8 Å². The minimum atomic E-state index is -0.178. The summed E-state index contributed by atoms with van der Waals surface area (Å²) in [4.78, 5) is 27.6. The summed E-state index contributed by atoms with van der Waals surface area (Å²) in [5.41, 5.74) is 2.09. The molecule has 1 fully saturated rings. The van der Waals surface area contributed by atoms with E-state index in [4.69, 9.17) is 13.8 Å². The molecule has 1 atom stereocenters. The summed E-state index contributed by atoms with van der Waals surface area (Å²) < 4.78 is 11.2. The Hall–Kier alpha value is -4.06. The van der Waals surface area contributed by atoms with Crippen LogP contribution in [0.2, 0.25) is 0 Å². The molecule has 0 spiro atoms. The van der Waals surface area contributed by atoms with Crippen LogP contribution in [0, 0.1) is 23.2 Å². The lowest BCUT2D eigenvalue weighted by Crippen LogP contribution is -2.42. The Bertz CT molecular complexity index is 1310. The predicted octanol–water partition coefficient (Wildman–Crippen LogP) is 4.80. The summed E-state index contributed by atoms with van der Waals surface area (Å²) in [5, 5.41) is 12.8. The number of anilines is 1. The van der Waals surface area contributed by atoms with Crippen LogP contribution in [0.4, 0.5) is 5.88 Å². The third kappa shape index (κ3) is 4.78. The normalized spacial score (nSPS) is 15.4. The number of para-hydroxylation sites is 2. The second-order valence-electron chi connectivity index (χ2n) is 9.35. The lowest BCUT2D eigenvalue weighted by atomic mass is 9.94. The van der Waals surface area contributed by atoms with Gasteiger partial charge in [0.05, 0.1) is 23.3 Å². The lowest BCUT2D eigenvalue weighted by Gasteiger charge is -2.32. The van der Waals surface area contributed by atoms with Crippen LogP contribution in [0.3, 0.4) is 0 Å². The third-order valence-electron chi connectivity index (χ3n) is 6.36. The van der Waals surface area contributed by atoms with Gasteiger partial charge in [-0.05, 0) is 49.4 Å². The zero-order valence-electron chi connectivity index (χ0n) is 19.8. The second kappa shape index (κ2) is 9.66. The molecule has 1 amide bonds. The molecular formula is C26H28N6O3. The smallest absolute Gasteiger partial charge is 0.266 e. The number of rotatable bonds is 7. The Kier molecular flexibility index (Phi) is 6.27. The fourth-order valence-electron chi connectivity index (χ4n) is 4.59. The van der Waals surface area contributed by atoms with Gasteiger partial charge in [-0.1, -0.05) is 26.0 Å². The van der Waals surface area contributed by atoms with E-state index in [2.05, 4.69) is 35.2 Å². The van der Waals surface area contributed by atoms with Gasteiger partial charge in [0, 0.05) is 19.0 Å². The first-order valence-electron chi connectivity index (χ1n) is 12.0. The van der Waals surface area contributed by atoms with Gasteiger partial charge in [0.2, 0.25) is 17.5 Å². The lowest BCUT2D eigenvalue weighted by molar-refractivity contribution is -0.126. The van der Waals surface area contributed by atoms with E-state index in [0.717, 1.165) is 23.3 Å². The molecule has 0 saturated carbocycles. The fraction of sp³-hybridized carbons (Fsp3) is 0.385. The van der Waals surface area contributed by atoms with Gasteiger partial charge in [0.1, 0.15) is 11.9 Å². The Morgan fingerprint density at radius 3 is 2.71 bits per heavy atom. The van der Waals surface area contributed by atoms with Crippen molar-refractivity contribution < 1.29 is 13.6 Å². The van der Waals surface area contributed by atoms with Gasteiger partial charge in [0.25, 0.3) is 5.89 Å². The van der Waals surface area contributed by atoms with Crippen molar-refractivity contribution in [1.29, 1.82) is 5.26 Å². The average molecular weight is 473 g/mol. The summed E-state index contributed by atoms with van der Waals surface area (Å²) in [6.07, 6.45) is 3.64. The van der Waals surface area contributed by atoms with E-state index >= 15 is 0 Å². The molecule has 35 heavy (non-hydrogen) atoms. The molecule has 0 aliphatic carbocycles. The van der Waals surface area contributed by atoms with Gasteiger partial charge in [0.15, 0.2) is 5.76 Å². The van der Waals surface area contributed by atoms with Crippen molar-refractivity contribution in [3.8, 4) is 17.7 Å². The molecular weight excluding hydrogens is 444 g/mol. The van der Waals surface area contributed by atoms with E-state index < -0.39 is 0 Å². The molecule has 1 saturated heterocycles. The predicted molar refractivity (Wildman–Crippen MR) is 130 cm³/mol. The minimum absolute atomic E-state index is 0.0325. The van der Waals surface area contributed by atoms with Gasteiger partial charge in [-0.3, -0.25) is 4.79 Å². The minimum Gasteiger partial charge on any atom is -0.459 e. The molecule has 1 aliphatic rings. The Balaban J connectivity index is 1.25. The van der Waals surface area contributed by atoms with Crippen molar-refractivity contribution in [2.75, 3.05) is 18.0 Å². The zero-order valence-corrected chi connectivity index (χ0v) is 19.8. The number of oxazole rings is 1. The number of H-pyrrole nitrogens is 1. The van der Waals surface area contributed by atoms with Crippen LogP contribution in [-0.4, -0.2) is 33.9 Å². The molecule has 9 nitrogen and oxygen atoms in total. The zero-order chi connectivity index (χ0) is 24.4. The number of hydrogen-bond donors (Lipinski definition) is 2. The maximum Gasteiger partial charge on any atom is 0.266 e. The van der Waals surface area contributed by atoms with E-state index in [1.165, 1.54) is 6.26 Å². The molecule has 1 unspecified atom stereocenters. The van der Waals surface area contributed by atoms with Crippen LogP contribution in [0.1, 0.15) is 50.7 Å². The molecule has 0 bridgehead atoms. The summed E-state index contributed by atoms with van der Waals surface area (Å²) in [7, 11) is 0. The van der Waals surface area contributed by atoms with Crippen molar-refractivity contribution in [1.82, 2.24) is 20.3 Å². The Morgan fingerprint density at radius 1 is 1.23 bits per heavy atom. The number of aromatic amines is 1. The third-order valence-corrected chi connectivity index (χ3v) is 6.36. The number of nitrogens with one attached hydrogen (secondary N) is 2. The Morgan fingerprint density at radius 2 is 2.03 bits per heavy atom. The van der Waals surface area contributed by atoms with Crippen LogP contribution in [0.15, 0.2) is 51.5 Å². The van der Waals surface area contributed by atoms with Gasteiger partial charge < -0.3 is 24.0 Å². The van der Waals surface area contributed by atoms with Gasteiger partial charge in [-0.25, -0.2) is 4.98 Å². The van der Waals surface area contributed by atoms with Crippen molar-refractivity contribution in [3.63, 3.8) is 0 Å². The summed E-state index contributed by atoms with van der Waals surface area (Å²) in [6, 6.07) is 13.3. The van der Waals surface area contributed by atoms with E-state index in [9.17, 15) is 10.1 Å². The molecule has 0 radical (unpaired) electrons. The standard InChI is InChI=1S/C26H28N6O3/c1-16(2)14-20(23-28-18-6-3-4-7-19(18)29-23)30-24(33)17-9-11-32(12-10-17)26-21(15-27)31-25(35-26)22-8-5-13-34-22/h3-8,13,16-17,20H,9-12,14H2,1-2H3,(H,28,29)(H,30,33). The molecule has 5 rings (SSSR count). The molecule has 4 heterocycles. The largest absolute Gasteiger partial charge is 0.459 e. The van der Waals surface area contributed by atoms with Gasteiger partial charge in [-0.2, -0.15) is 10.2 Å². The van der Waals surface area contributed by atoms with Crippen LogP contribution in [-0.2, 0) is 4.79 Å². The number of aromatic nitrogens is 3. The highest BCUT2D eigenvalue weighted by Crippen LogP contribution is 2.32. The summed E-state index contributed by atoms with van der Waals surface area (Å²) in [5.74, 6) is 2.28. The highest BCUT2D eigenvalue weighted by atomic mass is 16.4. The average Bonchev–Trinajstić information content (AvgIpc) is 3.62. The number of carbonyl (C=O) groups is 1. The van der Waals surface area contributed by atoms with Crippen LogP contribution in [0.5, 0.6) is 0 Å². The summed E-state index contributed by atoms with van der Waals surface area (Å²) in [6.45, 7) is 5.47. The maximum atomic E-state index is 13.2. The molecule has 3 aromatic heterocycles. The van der Waals surface area contributed by atoms with E-state index in [1.54, 1.807) is 12.1 Å². The van der Waals surface area contributed by atoms with Crippen molar-refractivity contribution in [2.24, 2.45) is 11.8 Å². The topological polar surface area (TPSA) is 124 Å². The highest BCUT2D eigenvalue weighted by molar-refractivity contribution is 5.80. The van der Waals surface area contributed by atoms with Crippen LogP contribution >= 0.6 is 0 Å². The number of imidazole rings is 1. The number of carbonyl (C=O) groups excluding carboxylic acids is 1. The SMILES string of the molecule is CC(C)CC(NC(=O)C1CCN(c2oc(-c3ccco3)nc2C#N)CC1)c1nc2ccccc2[nH]1. The fourth-order valence-corrected chi connectivity index (χ4v) is 4.59. The second-order valence-corrected chi connectivity index (χ2v) is 9.35. The number of hydrogen-bond acceptors (Lipinski definition) is 7. The van der Waals surface area contributed by atoms with Gasteiger partial charge >= 0.3 is 0 Å². The van der Waals surface area contributed by atoms with E-state index in [0.29, 0.717) is 43.5 Å². The quantitative estimate of drug-likeness (QED) is 0.396. The van der Waals surface area contributed by atoms with Crippen LogP contribution in [0.25, 0.3) is 22.7 Å². The molecule has 1 aliphatic heterocycles. The number of benzene rings is 1. The molecule has 180 valence electrons. The number of amides is 1. The van der Waals surface area contributed by atoms with Crippen molar-refractivity contribution in [3.05, 3.63) is 54.2 Å². The van der Waals surface area contributed by atoms with E-state index in [1.807, 2.05) is 29.2 Å². The van der Waals surface area contributed by atoms with Gasteiger partial charge in [-0.15, -0.1) is 0 Å².